The zero-order valence-electron chi connectivity index (χ0n) is 10.6. The highest BCUT2D eigenvalue weighted by Gasteiger charge is 2.23. The Morgan fingerprint density at radius 1 is 1.47 bits per heavy atom. The highest BCUT2D eigenvalue weighted by Crippen LogP contribution is 2.11. The van der Waals surface area contributed by atoms with Crippen LogP contribution in [0.2, 0.25) is 0 Å². The van der Waals surface area contributed by atoms with E-state index in [1.807, 2.05) is 13.8 Å². The Morgan fingerprint density at radius 2 is 2.12 bits per heavy atom. The van der Waals surface area contributed by atoms with Crippen molar-refractivity contribution in [2.24, 2.45) is 10.7 Å². The van der Waals surface area contributed by atoms with Gasteiger partial charge in [0.15, 0.2) is 5.96 Å². The van der Waals surface area contributed by atoms with Gasteiger partial charge >= 0.3 is 6.09 Å². The Balaban J connectivity index is 2.30. The Bertz CT molecular complexity index is 273. The fraction of sp³-hybridized carbons (Fsp3) is 0.818. The van der Waals surface area contributed by atoms with Crippen LogP contribution < -0.4 is 11.1 Å². The van der Waals surface area contributed by atoms with Crippen LogP contribution in [-0.4, -0.2) is 49.2 Å². The molecule has 6 heteroatoms. The number of aliphatic imine (C=N–C) groups is 1. The second-order valence-corrected chi connectivity index (χ2v) is 3.96. The lowest BCUT2D eigenvalue weighted by Gasteiger charge is -2.31. The molecule has 0 aromatic rings. The second kappa shape index (κ2) is 6.98. The summed E-state index contributed by atoms with van der Waals surface area (Å²) in [7, 11) is 0. The molecule has 0 aromatic carbocycles. The largest absolute Gasteiger partial charge is 0.450 e. The highest BCUT2D eigenvalue weighted by molar-refractivity contribution is 5.78. The van der Waals surface area contributed by atoms with Crippen molar-refractivity contribution in [1.82, 2.24) is 10.2 Å². The number of amides is 1. The summed E-state index contributed by atoms with van der Waals surface area (Å²) in [6.45, 7) is 6.27. The Hall–Kier alpha value is -1.46. The molecule has 1 fully saturated rings. The SMILES string of the molecule is CCN=C(N)NC1CCN(C(=O)OCC)CC1. The summed E-state index contributed by atoms with van der Waals surface area (Å²) in [5.74, 6) is 0.488. The first-order chi connectivity index (χ1) is 8.17. The first-order valence-corrected chi connectivity index (χ1v) is 6.15. The van der Waals surface area contributed by atoms with Crippen molar-refractivity contribution in [3.8, 4) is 0 Å². The van der Waals surface area contributed by atoms with E-state index < -0.39 is 0 Å². The van der Waals surface area contributed by atoms with Crippen molar-refractivity contribution in [3.05, 3.63) is 0 Å². The van der Waals surface area contributed by atoms with E-state index in [0.717, 1.165) is 12.8 Å². The summed E-state index contributed by atoms with van der Waals surface area (Å²) in [6, 6.07) is 0.302. The van der Waals surface area contributed by atoms with Crippen molar-refractivity contribution >= 4 is 12.1 Å². The molecule has 1 saturated heterocycles. The van der Waals surface area contributed by atoms with Gasteiger partial charge in [0.1, 0.15) is 0 Å². The van der Waals surface area contributed by atoms with Crippen LogP contribution >= 0.6 is 0 Å². The first-order valence-electron chi connectivity index (χ1n) is 6.15. The maximum atomic E-state index is 11.5. The lowest BCUT2D eigenvalue weighted by atomic mass is 10.1. The molecule has 0 atom stereocenters. The van der Waals surface area contributed by atoms with Crippen LogP contribution in [0.5, 0.6) is 0 Å². The third-order valence-electron chi connectivity index (χ3n) is 2.70. The van der Waals surface area contributed by atoms with E-state index in [4.69, 9.17) is 10.5 Å². The number of piperidine rings is 1. The topological polar surface area (TPSA) is 80.0 Å². The molecular weight excluding hydrogens is 220 g/mol. The van der Waals surface area contributed by atoms with Crippen LogP contribution in [0.4, 0.5) is 4.79 Å². The maximum Gasteiger partial charge on any atom is 0.409 e. The molecule has 98 valence electrons. The molecule has 0 spiro atoms. The van der Waals surface area contributed by atoms with Gasteiger partial charge < -0.3 is 20.7 Å². The van der Waals surface area contributed by atoms with E-state index in [0.29, 0.717) is 38.2 Å². The number of rotatable bonds is 3. The monoisotopic (exact) mass is 242 g/mol. The van der Waals surface area contributed by atoms with Crippen molar-refractivity contribution in [3.63, 3.8) is 0 Å². The molecule has 17 heavy (non-hydrogen) atoms. The van der Waals surface area contributed by atoms with Gasteiger partial charge in [-0.05, 0) is 26.7 Å². The molecule has 1 heterocycles. The summed E-state index contributed by atoms with van der Waals surface area (Å²) in [4.78, 5) is 17.3. The number of hydrogen-bond donors (Lipinski definition) is 2. The zero-order valence-corrected chi connectivity index (χ0v) is 10.6. The van der Waals surface area contributed by atoms with Gasteiger partial charge in [-0.1, -0.05) is 0 Å². The normalized spacial score (nSPS) is 18.0. The summed E-state index contributed by atoms with van der Waals surface area (Å²) in [5.41, 5.74) is 5.69. The molecule has 0 radical (unpaired) electrons. The molecule has 0 bridgehead atoms. The molecule has 1 aliphatic heterocycles. The number of likely N-dealkylation sites (tertiary alicyclic amines) is 1. The van der Waals surface area contributed by atoms with Crippen LogP contribution in [0.3, 0.4) is 0 Å². The van der Waals surface area contributed by atoms with Crippen LogP contribution in [0.1, 0.15) is 26.7 Å². The van der Waals surface area contributed by atoms with E-state index in [9.17, 15) is 4.79 Å². The highest BCUT2D eigenvalue weighted by atomic mass is 16.6. The predicted octanol–water partition coefficient (Wildman–Crippen LogP) is 0.532. The summed E-state index contributed by atoms with van der Waals surface area (Å²) in [6.07, 6.45) is 1.53. The van der Waals surface area contributed by atoms with Crippen LogP contribution in [0.25, 0.3) is 0 Å². The second-order valence-electron chi connectivity index (χ2n) is 3.96. The standard InChI is InChI=1S/C11H22N4O2/c1-3-13-10(12)14-9-5-7-15(8-6-9)11(16)17-4-2/h9H,3-8H2,1-2H3,(H3,12,13,14). The van der Waals surface area contributed by atoms with E-state index in [1.165, 1.54) is 0 Å². The fourth-order valence-electron chi connectivity index (χ4n) is 1.85. The van der Waals surface area contributed by atoms with Gasteiger partial charge in [0.05, 0.1) is 6.61 Å². The molecule has 1 rings (SSSR count). The smallest absolute Gasteiger partial charge is 0.409 e. The number of carbonyl (C=O) groups excluding carboxylic acids is 1. The third-order valence-corrected chi connectivity index (χ3v) is 2.70. The van der Waals surface area contributed by atoms with Crippen molar-refractivity contribution in [1.29, 1.82) is 0 Å². The molecule has 0 unspecified atom stereocenters. The first kappa shape index (κ1) is 13.6. The van der Waals surface area contributed by atoms with Crippen LogP contribution in [-0.2, 0) is 4.74 Å². The summed E-state index contributed by atoms with van der Waals surface area (Å²) in [5, 5.41) is 3.16. The quantitative estimate of drug-likeness (QED) is 0.559. The van der Waals surface area contributed by atoms with Gasteiger partial charge in [-0.15, -0.1) is 0 Å². The van der Waals surface area contributed by atoms with Crippen LogP contribution in [0, 0.1) is 0 Å². The predicted molar refractivity (Wildman–Crippen MR) is 66.9 cm³/mol. The molecule has 0 aromatic heterocycles. The molecule has 0 aliphatic carbocycles. The van der Waals surface area contributed by atoms with Crippen molar-refractivity contribution in [2.75, 3.05) is 26.2 Å². The molecule has 1 amide bonds. The number of nitrogens with zero attached hydrogens (tertiary/aromatic N) is 2. The van der Waals surface area contributed by atoms with Crippen LogP contribution in [0.15, 0.2) is 4.99 Å². The van der Waals surface area contributed by atoms with E-state index in [1.54, 1.807) is 4.90 Å². The number of carbonyl (C=O) groups is 1. The average molecular weight is 242 g/mol. The van der Waals surface area contributed by atoms with E-state index >= 15 is 0 Å². The van der Waals surface area contributed by atoms with Gasteiger partial charge in [-0.25, -0.2) is 4.79 Å². The Morgan fingerprint density at radius 3 is 2.65 bits per heavy atom. The number of ether oxygens (including phenoxy) is 1. The number of guanidine groups is 1. The molecule has 6 nitrogen and oxygen atoms in total. The number of hydrogen-bond acceptors (Lipinski definition) is 3. The summed E-state index contributed by atoms with van der Waals surface area (Å²) >= 11 is 0. The maximum absolute atomic E-state index is 11.5. The minimum atomic E-state index is -0.221. The van der Waals surface area contributed by atoms with E-state index in [2.05, 4.69) is 10.3 Å². The molecular formula is C11H22N4O2. The number of nitrogens with two attached hydrogens (primary N) is 1. The third kappa shape index (κ3) is 4.50. The van der Waals surface area contributed by atoms with E-state index in [-0.39, 0.29) is 6.09 Å². The molecule has 1 aliphatic rings. The zero-order chi connectivity index (χ0) is 12.7. The Labute approximate surface area is 102 Å². The van der Waals surface area contributed by atoms with Gasteiger partial charge in [-0.2, -0.15) is 0 Å². The lowest BCUT2D eigenvalue weighted by Crippen LogP contribution is -2.48. The van der Waals surface area contributed by atoms with Crippen molar-refractivity contribution < 1.29 is 9.53 Å². The minimum Gasteiger partial charge on any atom is -0.450 e. The van der Waals surface area contributed by atoms with Gasteiger partial charge in [0.2, 0.25) is 0 Å². The minimum absolute atomic E-state index is 0.221. The number of nitrogens with one attached hydrogen (secondary N) is 1. The van der Waals surface area contributed by atoms with Gasteiger partial charge in [0.25, 0.3) is 0 Å². The van der Waals surface area contributed by atoms with Crippen molar-refractivity contribution in [2.45, 2.75) is 32.7 Å². The molecule has 3 N–H and O–H groups in total. The van der Waals surface area contributed by atoms with Gasteiger partial charge in [-0.3, -0.25) is 4.99 Å². The molecule has 0 saturated carbocycles. The van der Waals surface area contributed by atoms with Gasteiger partial charge in [0, 0.05) is 25.7 Å². The average Bonchev–Trinajstić information content (AvgIpc) is 2.30. The lowest BCUT2D eigenvalue weighted by molar-refractivity contribution is 0.0963. The summed E-state index contributed by atoms with van der Waals surface area (Å²) < 4.78 is 4.95. The fourth-order valence-corrected chi connectivity index (χ4v) is 1.85. The Kier molecular flexibility index (Phi) is 5.59.